The maximum Gasteiger partial charge on any atom is 0.258 e. The molecule has 2 heterocycles. The lowest BCUT2D eigenvalue weighted by molar-refractivity contribution is -0.0106. The number of benzene rings is 1. The molecule has 0 saturated heterocycles. The van der Waals surface area contributed by atoms with E-state index in [1.54, 1.807) is 11.8 Å². The third kappa shape index (κ3) is 2.19. The maximum absolute atomic E-state index is 5.49. The van der Waals surface area contributed by atoms with E-state index in [2.05, 4.69) is 20.5 Å². The van der Waals surface area contributed by atoms with Gasteiger partial charge in [0.25, 0.3) is 5.89 Å². The Hall–Kier alpha value is -2.28. The van der Waals surface area contributed by atoms with Crippen LogP contribution in [0.4, 0.5) is 0 Å². The second kappa shape index (κ2) is 4.92. The zero-order chi connectivity index (χ0) is 15.0. The molecule has 110 valence electrons. The normalized spacial score (nSPS) is 14.5. The van der Waals surface area contributed by atoms with Crippen molar-refractivity contribution in [3.63, 3.8) is 0 Å². The number of methoxy groups -OCH3 is 1. The van der Waals surface area contributed by atoms with Gasteiger partial charge in [-0.3, -0.25) is 0 Å². The van der Waals surface area contributed by atoms with Crippen LogP contribution in [0.5, 0.6) is 0 Å². The molecule has 0 saturated carbocycles. The van der Waals surface area contributed by atoms with Crippen molar-refractivity contribution in [2.75, 3.05) is 7.11 Å². The Morgan fingerprint density at radius 2 is 2.19 bits per heavy atom. The lowest BCUT2D eigenvalue weighted by atomic mass is 10.0. The van der Waals surface area contributed by atoms with E-state index < -0.39 is 5.60 Å². The average Bonchev–Trinajstić information content (AvgIpc) is 3.14. The molecule has 0 spiro atoms. The standard InChI is InChI=1S/C14H17N5O2/c1-5-14(2,20-4)13-15-12(21-17-13)9-6-7-11-10(8-9)16-18-19(11)3/h6-8H,5H2,1-4H3. The monoisotopic (exact) mass is 287 g/mol. The molecule has 2 aromatic heterocycles. The largest absolute Gasteiger partial charge is 0.370 e. The van der Waals surface area contributed by atoms with Gasteiger partial charge in [-0.1, -0.05) is 17.3 Å². The quantitative estimate of drug-likeness (QED) is 0.732. The number of nitrogens with zero attached hydrogens (tertiary/aromatic N) is 5. The fourth-order valence-electron chi connectivity index (χ4n) is 2.12. The summed E-state index contributed by atoms with van der Waals surface area (Å²) in [5, 5.41) is 12.1. The summed E-state index contributed by atoms with van der Waals surface area (Å²) in [4.78, 5) is 4.45. The lowest BCUT2D eigenvalue weighted by Gasteiger charge is -2.21. The summed E-state index contributed by atoms with van der Waals surface area (Å²) >= 11 is 0. The number of aromatic nitrogens is 5. The van der Waals surface area contributed by atoms with Gasteiger partial charge in [0.15, 0.2) is 0 Å². The SMILES string of the molecule is CCC(C)(OC)c1noc(-c2ccc3c(c2)nnn3C)n1. The van der Waals surface area contributed by atoms with E-state index in [-0.39, 0.29) is 0 Å². The second-order valence-electron chi connectivity index (χ2n) is 5.13. The number of aryl methyl sites for hydroxylation is 1. The molecule has 3 rings (SSSR count). The molecule has 1 unspecified atom stereocenters. The van der Waals surface area contributed by atoms with E-state index in [1.807, 2.05) is 39.1 Å². The van der Waals surface area contributed by atoms with Crippen molar-refractivity contribution in [1.29, 1.82) is 0 Å². The third-order valence-corrected chi connectivity index (χ3v) is 3.88. The van der Waals surface area contributed by atoms with Gasteiger partial charge in [0.1, 0.15) is 11.1 Å². The first-order valence-electron chi connectivity index (χ1n) is 6.76. The number of hydrogen-bond acceptors (Lipinski definition) is 6. The van der Waals surface area contributed by atoms with Gasteiger partial charge in [0.2, 0.25) is 5.82 Å². The van der Waals surface area contributed by atoms with Crippen LogP contribution in [0.1, 0.15) is 26.1 Å². The van der Waals surface area contributed by atoms with Gasteiger partial charge in [0.05, 0.1) is 5.52 Å². The van der Waals surface area contributed by atoms with Crippen LogP contribution in [-0.4, -0.2) is 32.2 Å². The minimum absolute atomic E-state index is 0.453. The highest BCUT2D eigenvalue weighted by atomic mass is 16.5. The molecule has 0 aliphatic rings. The first-order valence-corrected chi connectivity index (χ1v) is 6.76. The zero-order valence-corrected chi connectivity index (χ0v) is 12.5. The van der Waals surface area contributed by atoms with Crippen molar-refractivity contribution in [2.24, 2.45) is 7.05 Å². The molecule has 1 aromatic carbocycles. The highest BCUT2D eigenvalue weighted by Crippen LogP contribution is 2.28. The van der Waals surface area contributed by atoms with E-state index in [9.17, 15) is 0 Å². The summed E-state index contributed by atoms with van der Waals surface area (Å²) in [7, 11) is 3.50. The Morgan fingerprint density at radius 1 is 1.38 bits per heavy atom. The van der Waals surface area contributed by atoms with Crippen LogP contribution in [0.3, 0.4) is 0 Å². The van der Waals surface area contributed by atoms with Gasteiger partial charge in [-0.05, 0) is 31.5 Å². The predicted octanol–water partition coefficient (Wildman–Crippen LogP) is 2.29. The Labute approximate surface area is 121 Å². The van der Waals surface area contributed by atoms with E-state index >= 15 is 0 Å². The highest BCUT2D eigenvalue weighted by molar-refractivity contribution is 5.79. The van der Waals surface area contributed by atoms with Gasteiger partial charge in [-0.25, -0.2) is 4.68 Å². The lowest BCUT2D eigenvalue weighted by Crippen LogP contribution is -2.24. The summed E-state index contributed by atoms with van der Waals surface area (Å²) in [6.07, 6.45) is 0.756. The van der Waals surface area contributed by atoms with Crippen LogP contribution in [-0.2, 0) is 17.4 Å². The molecule has 7 nitrogen and oxygen atoms in total. The van der Waals surface area contributed by atoms with Crippen LogP contribution >= 0.6 is 0 Å². The molecule has 0 fully saturated rings. The van der Waals surface area contributed by atoms with E-state index in [0.29, 0.717) is 11.7 Å². The van der Waals surface area contributed by atoms with Gasteiger partial charge < -0.3 is 9.26 Å². The van der Waals surface area contributed by atoms with E-state index in [1.165, 1.54) is 0 Å². The molecule has 0 bridgehead atoms. The summed E-state index contributed by atoms with van der Waals surface area (Å²) in [6.45, 7) is 3.96. The number of hydrogen-bond donors (Lipinski definition) is 0. The molecule has 0 aliphatic heterocycles. The third-order valence-electron chi connectivity index (χ3n) is 3.88. The van der Waals surface area contributed by atoms with Crippen LogP contribution in [0.2, 0.25) is 0 Å². The molecular formula is C14H17N5O2. The van der Waals surface area contributed by atoms with Crippen molar-refractivity contribution in [3.05, 3.63) is 24.0 Å². The molecule has 0 N–H and O–H groups in total. The van der Waals surface area contributed by atoms with Crippen molar-refractivity contribution >= 4 is 11.0 Å². The van der Waals surface area contributed by atoms with Crippen molar-refractivity contribution < 1.29 is 9.26 Å². The Balaban J connectivity index is 2.01. The smallest absolute Gasteiger partial charge is 0.258 e. The fourth-order valence-corrected chi connectivity index (χ4v) is 2.12. The summed E-state index contributed by atoms with van der Waals surface area (Å²) < 4.78 is 12.6. The van der Waals surface area contributed by atoms with Crippen molar-refractivity contribution in [3.8, 4) is 11.5 Å². The summed E-state index contributed by atoms with van der Waals surface area (Å²) in [5.74, 6) is 0.996. The first kappa shape index (κ1) is 13.7. The molecule has 0 radical (unpaired) electrons. The maximum atomic E-state index is 5.49. The van der Waals surface area contributed by atoms with E-state index in [0.717, 1.165) is 23.0 Å². The first-order chi connectivity index (χ1) is 10.1. The molecule has 3 aromatic rings. The van der Waals surface area contributed by atoms with Gasteiger partial charge >= 0.3 is 0 Å². The molecule has 21 heavy (non-hydrogen) atoms. The zero-order valence-electron chi connectivity index (χ0n) is 12.5. The molecular weight excluding hydrogens is 270 g/mol. The van der Waals surface area contributed by atoms with Crippen molar-refractivity contribution in [1.82, 2.24) is 25.1 Å². The van der Waals surface area contributed by atoms with Crippen LogP contribution in [0, 0.1) is 0 Å². The van der Waals surface area contributed by atoms with Crippen LogP contribution in [0.25, 0.3) is 22.5 Å². The second-order valence-corrected chi connectivity index (χ2v) is 5.13. The summed E-state index contributed by atoms with van der Waals surface area (Å²) in [5.41, 5.74) is 2.02. The Kier molecular flexibility index (Phi) is 3.21. The van der Waals surface area contributed by atoms with E-state index in [4.69, 9.17) is 9.26 Å². The minimum Gasteiger partial charge on any atom is -0.370 e. The van der Waals surface area contributed by atoms with Gasteiger partial charge in [0, 0.05) is 19.7 Å². The van der Waals surface area contributed by atoms with Crippen molar-refractivity contribution in [2.45, 2.75) is 25.9 Å². The number of rotatable bonds is 4. The fraction of sp³-hybridized carbons (Fsp3) is 0.429. The summed E-state index contributed by atoms with van der Waals surface area (Å²) in [6, 6.07) is 5.73. The van der Waals surface area contributed by atoms with Crippen LogP contribution < -0.4 is 0 Å². The van der Waals surface area contributed by atoms with Gasteiger partial charge in [-0.15, -0.1) is 5.10 Å². The highest BCUT2D eigenvalue weighted by Gasteiger charge is 2.30. The number of fused-ring (bicyclic) bond motifs is 1. The van der Waals surface area contributed by atoms with Gasteiger partial charge in [-0.2, -0.15) is 4.98 Å². The topological polar surface area (TPSA) is 78.9 Å². The minimum atomic E-state index is -0.543. The average molecular weight is 287 g/mol. The molecule has 1 atom stereocenters. The molecule has 0 amide bonds. The Bertz CT molecular complexity index is 773. The number of ether oxygens (including phenoxy) is 1. The van der Waals surface area contributed by atoms with Crippen LogP contribution in [0.15, 0.2) is 22.7 Å². The predicted molar refractivity (Wildman–Crippen MR) is 76.5 cm³/mol. The Morgan fingerprint density at radius 3 is 2.90 bits per heavy atom. The molecule has 0 aliphatic carbocycles. The molecule has 7 heteroatoms.